The van der Waals surface area contributed by atoms with Gasteiger partial charge in [-0.1, -0.05) is 41.4 Å². The first-order chi connectivity index (χ1) is 15.1. The van der Waals surface area contributed by atoms with E-state index in [4.69, 9.17) is 32.9 Å². The molecule has 0 unspecified atom stereocenters. The zero-order valence-corrected chi connectivity index (χ0v) is 18.1. The van der Waals surface area contributed by atoms with Gasteiger partial charge in [0.15, 0.2) is 0 Å². The summed E-state index contributed by atoms with van der Waals surface area (Å²) in [5, 5.41) is 4.23. The molecule has 2 heterocycles. The van der Waals surface area contributed by atoms with Crippen LogP contribution in [0.15, 0.2) is 66.7 Å². The molecule has 156 valence electrons. The number of para-hydroxylation sites is 2. The van der Waals surface area contributed by atoms with E-state index >= 15 is 0 Å². The summed E-state index contributed by atoms with van der Waals surface area (Å²) in [7, 11) is 0. The number of nitrogens with one attached hydrogen (secondary N) is 1. The van der Waals surface area contributed by atoms with Crippen molar-refractivity contribution in [2.45, 2.75) is 13.0 Å². The Balaban J connectivity index is 1.70. The number of aromatic nitrogens is 2. The van der Waals surface area contributed by atoms with E-state index in [-0.39, 0.29) is 5.82 Å². The highest BCUT2D eigenvalue weighted by molar-refractivity contribution is 6.32. The van der Waals surface area contributed by atoms with Crippen LogP contribution in [0.2, 0.25) is 10.0 Å². The fourth-order valence-corrected chi connectivity index (χ4v) is 4.43. The van der Waals surface area contributed by atoms with Crippen LogP contribution in [0.4, 0.5) is 10.3 Å². The molecule has 0 bridgehead atoms. The topological polar surface area (TPSA) is 39.1 Å². The molecular weight excluding hydrogens is 436 g/mol. The van der Waals surface area contributed by atoms with Gasteiger partial charge in [-0.25, -0.2) is 9.37 Å². The molecule has 3 aromatic carbocycles. The lowest BCUT2D eigenvalue weighted by Crippen LogP contribution is -2.20. The Morgan fingerprint density at radius 3 is 2.68 bits per heavy atom. The van der Waals surface area contributed by atoms with Crippen LogP contribution in [-0.2, 0) is 0 Å². The highest BCUT2D eigenvalue weighted by atomic mass is 35.5. The number of rotatable bonds is 4. The number of halogens is 3. The lowest BCUT2D eigenvalue weighted by Gasteiger charge is -2.27. The third kappa shape index (κ3) is 3.44. The van der Waals surface area contributed by atoms with Gasteiger partial charge in [-0.05, 0) is 61.0 Å². The van der Waals surface area contributed by atoms with Crippen molar-refractivity contribution < 1.29 is 9.13 Å². The van der Waals surface area contributed by atoms with Gasteiger partial charge in [0, 0.05) is 16.3 Å². The highest BCUT2D eigenvalue weighted by Gasteiger charge is 2.28. The Bertz CT molecular complexity index is 1310. The standard InChI is InChI=1S/C24H18Cl2FN3O/c1-2-31-22-11-10-14(12-16(22)26)19-13-21(23-15(25)6-5-7-17(23)27)30-20-9-4-3-8-18(20)28-24(30)29-19/h3-13,21H,2H2,1H3,(H,28,29)/t21-/m1/s1. The Kier molecular flexibility index (Phi) is 5.08. The van der Waals surface area contributed by atoms with Crippen LogP contribution in [0.1, 0.15) is 24.1 Å². The van der Waals surface area contributed by atoms with E-state index in [1.54, 1.807) is 12.1 Å². The predicted molar refractivity (Wildman–Crippen MR) is 124 cm³/mol. The molecule has 0 radical (unpaired) electrons. The zero-order chi connectivity index (χ0) is 21.5. The van der Waals surface area contributed by atoms with Crippen molar-refractivity contribution in [3.8, 4) is 5.75 Å². The van der Waals surface area contributed by atoms with Crippen molar-refractivity contribution in [1.82, 2.24) is 9.55 Å². The molecule has 0 amide bonds. The van der Waals surface area contributed by atoms with Gasteiger partial charge in [0.25, 0.3) is 0 Å². The number of fused-ring (bicyclic) bond motifs is 3. The molecule has 1 aliphatic heterocycles. The average Bonchev–Trinajstić information content (AvgIpc) is 3.13. The summed E-state index contributed by atoms with van der Waals surface area (Å²) in [5.41, 5.74) is 3.68. The molecule has 4 nitrogen and oxygen atoms in total. The Hall–Kier alpha value is -3.02. The summed E-state index contributed by atoms with van der Waals surface area (Å²) < 4.78 is 22.5. The van der Waals surface area contributed by atoms with Crippen molar-refractivity contribution in [1.29, 1.82) is 0 Å². The quantitative estimate of drug-likeness (QED) is 0.363. The first-order valence-electron chi connectivity index (χ1n) is 9.89. The van der Waals surface area contributed by atoms with E-state index < -0.39 is 6.04 Å². The highest BCUT2D eigenvalue weighted by Crippen LogP contribution is 2.40. The van der Waals surface area contributed by atoms with Crippen LogP contribution in [0.5, 0.6) is 5.75 Å². The van der Waals surface area contributed by atoms with Gasteiger partial charge in [0.1, 0.15) is 11.6 Å². The summed E-state index contributed by atoms with van der Waals surface area (Å²) in [6.07, 6.45) is 1.94. The van der Waals surface area contributed by atoms with Gasteiger partial charge in [0.2, 0.25) is 5.95 Å². The van der Waals surface area contributed by atoms with E-state index in [0.717, 1.165) is 22.3 Å². The lowest BCUT2D eigenvalue weighted by molar-refractivity contribution is 0.340. The average molecular weight is 454 g/mol. The first-order valence-corrected chi connectivity index (χ1v) is 10.6. The second-order valence-electron chi connectivity index (χ2n) is 7.16. The van der Waals surface area contributed by atoms with Crippen molar-refractivity contribution in [2.75, 3.05) is 11.9 Å². The second-order valence-corrected chi connectivity index (χ2v) is 7.97. The molecule has 1 aliphatic rings. The van der Waals surface area contributed by atoms with Crippen molar-refractivity contribution >= 4 is 45.9 Å². The Labute approximate surface area is 188 Å². The van der Waals surface area contributed by atoms with Crippen LogP contribution in [-0.4, -0.2) is 16.2 Å². The monoisotopic (exact) mass is 453 g/mol. The second kappa shape index (κ2) is 7.91. The van der Waals surface area contributed by atoms with Crippen LogP contribution in [0.25, 0.3) is 16.7 Å². The number of ether oxygens (including phenoxy) is 1. The maximum Gasteiger partial charge on any atom is 0.209 e. The molecule has 31 heavy (non-hydrogen) atoms. The molecule has 1 aromatic heterocycles. The van der Waals surface area contributed by atoms with E-state index in [1.165, 1.54) is 6.07 Å². The van der Waals surface area contributed by atoms with Crippen molar-refractivity contribution in [3.63, 3.8) is 0 Å². The van der Waals surface area contributed by atoms with E-state index in [0.29, 0.717) is 33.9 Å². The van der Waals surface area contributed by atoms with Gasteiger partial charge in [0.05, 0.1) is 28.7 Å². The largest absolute Gasteiger partial charge is 0.492 e. The van der Waals surface area contributed by atoms with Gasteiger partial charge in [-0.3, -0.25) is 4.57 Å². The molecule has 1 N–H and O–H groups in total. The summed E-state index contributed by atoms with van der Waals surface area (Å²) in [4.78, 5) is 4.72. The third-order valence-electron chi connectivity index (χ3n) is 5.28. The molecule has 5 rings (SSSR count). The predicted octanol–water partition coefficient (Wildman–Crippen LogP) is 6.94. The van der Waals surface area contributed by atoms with Crippen LogP contribution in [0.3, 0.4) is 0 Å². The van der Waals surface area contributed by atoms with E-state index in [1.807, 2.05) is 60.0 Å². The number of benzene rings is 3. The van der Waals surface area contributed by atoms with Gasteiger partial charge in [-0.2, -0.15) is 0 Å². The molecule has 0 saturated heterocycles. The van der Waals surface area contributed by atoms with Gasteiger partial charge >= 0.3 is 0 Å². The molecule has 0 saturated carbocycles. The van der Waals surface area contributed by atoms with Crippen LogP contribution in [0, 0.1) is 5.82 Å². The molecule has 4 aromatic rings. The maximum absolute atomic E-state index is 15.0. The first kappa shape index (κ1) is 19.9. The Morgan fingerprint density at radius 2 is 1.90 bits per heavy atom. The van der Waals surface area contributed by atoms with Crippen molar-refractivity contribution in [3.05, 3.63) is 93.7 Å². The van der Waals surface area contributed by atoms with E-state index in [2.05, 4.69) is 5.32 Å². The molecule has 0 aliphatic carbocycles. The minimum atomic E-state index is -0.488. The summed E-state index contributed by atoms with van der Waals surface area (Å²) in [6, 6.07) is 17.5. The number of hydrogen-bond donors (Lipinski definition) is 1. The van der Waals surface area contributed by atoms with E-state index in [9.17, 15) is 4.39 Å². The Morgan fingerprint density at radius 1 is 1.06 bits per heavy atom. The zero-order valence-electron chi connectivity index (χ0n) is 16.6. The van der Waals surface area contributed by atoms with Crippen LogP contribution >= 0.6 is 23.2 Å². The maximum atomic E-state index is 15.0. The minimum Gasteiger partial charge on any atom is -0.492 e. The summed E-state index contributed by atoms with van der Waals surface area (Å²) in [6.45, 7) is 2.43. The SMILES string of the molecule is CCOc1ccc(C2=C[C@H](c3c(F)cccc3Cl)n3c(nc4ccccc43)N2)cc1Cl. The summed E-state index contributed by atoms with van der Waals surface area (Å²) in [5.74, 6) is 0.849. The van der Waals surface area contributed by atoms with Gasteiger partial charge in [-0.15, -0.1) is 0 Å². The molecule has 0 spiro atoms. The molecule has 1 atom stereocenters. The fraction of sp³-hybridized carbons (Fsp3) is 0.125. The lowest BCUT2D eigenvalue weighted by atomic mass is 10.0. The minimum absolute atomic E-state index is 0.357. The third-order valence-corrected chi connectivity index (χ3v) is 5.91. The molecule has 7 heteroatoms. The fourth-order valence-electron chi connectivity index (χ4n) is 3.92. The van der Waals surface area contributed by atoms with Gasteiger partial charge < -0.3 is 10.1 Å². The van der Waals surface area contributed by atoms with Crippen LogP contribution < -0.4 is 10.1 Å². The molecule has 0 fully saturated rings. The number of anilines is 1. The smallest absolute Gasteiger partial charge is 0.209 e. The molecular formula is C24H18Cl2FN3O. The number of hydrogen-bond acceptors (Lipinski definition) is 3. The number of imidazole rings is 1. The summed E-state index contributed by atoms with van der Waals surface area (Å²) >= 11 is 12.9. The normalized spacial score (nSPS) is 15.4. The van der Waals surface area contributed by atoms with Crippen molar-refractivity contribution in [2.24, 2.45) is 0 Å². The number of allylic oxidation sites excluding steroid dienone is 1. The number of nitrogens with zero attached hydrogens (tertiary/aromatic N) is 2.